The summed E-state index contributed by atoms with van der Waals surface area (Å²) in [5, 5.41) is 7.27. The van der Waals surface area contributed by atoms with Crippen LogP contribution in [0.4, 0.5) is 19.7 Å². The van der Waals surface area contributed by atoms with Gasteiger partial charge in [0.25, 0.3) is 0 Å². The zero-order valence-corrected chi connectivity index (χ0v) is 24.8. The summed E-state index contributed by atoms with van der Waals surface area (Å²) in [6, 6.07) is 4.22. The Morgan fingerprint density at radius 2 is 1.82 bits per heavy atom. The summed E-state index contributed by atoms with van der Waals surface area (Å²) in [4.78, 5) is 27.3. The van der Waals surface area contributed by atoms with E-state index in [0.717, 1.165) is 11.1 Å². The number of halogens is 2. The Hall–Kier alpha value is -3.27. The van der Waals surface area contributed by atoms with Crippen molar-refractivity contribution in [3.8, 4) is 0 Å². The van der Waals surface area contributed by atoms with Crippen LogP contribution in [0.15, 0.2) is 28.9 Å². The lowest BCUT2D eigenvalue weighted by Crippen LogP contribution is -2.44. The van der Waals surface area contributed by atoms with Gasteiger partial charge in [-0.2, -0.15) is 5.10 Å². The maximum Gasteiger partial charge on any atom is 0.415 e. The number of ether oxygens (including phenoxy) is 2. The molecule has 3 heterocycles. The van der Waals surface area contributed by atoms with Gasteiger partial charge in [-0.1, -0.05) is 11.6 Å². The molecule has 0 fully saturated rings. The van der Waals surface area contributed by atoms with Crippen molar-refractivity contribution in [3.63, 3.8) is 0 Å². The monoisotopic (exact) mass is 564 g/mol. The van der Waals surface area contributed by atoms with Gasteiger partial charge in [-0.25, -0.2) is 18.5 Å². The molecule has 39 heavy (non-hydrogen) atoms. The molecule has 1 N–H and O–H groups in total. The minimum Gasteiger partial charge on any atom is -0.467 e. The molecule has 3 rings (SSSR count). The lowest BCUT2D eigenvalue weighted by molar-refractivity contribution is 0.0476. The number of furan rings is 1. The van der Waals surface area contributed by atoms with E-state index >= 15 is 0 Å². The zero-order valence-electron chi connectivity index (χ0n) is 24.0. The fourth-order valence-corrected chi connectivity index (χ4v) is 4.42. The average molecular weight is 565 g/mol. The molecule has 214 valence electrons. The Labute approximate surface area is 233 Å². The molecular weight excluding hydrogens is 527 g/mol. The summed E-state index contributed by atoms with van der Waals surface area (Å²) in [7, 11) is 0. The van der Waals surface area contributed by atoms with Crippen molar-refractivity contribution in [3.05, 3.63) is 52.2 Å². The third kappa shape index (κ3) is 7.65. The molecule has 0 unspecified atom stereocenters. The van der Waals surface area contributed by atoms with Crippen LogP contribution in [-0.4, -0.2) is 45.2 Å². The second-order valence-electron chi connectivity index (χ2n) is 11.6. The second kappa shape index (κ2) is 11.5. The first kappa shape index (κ1) is 30.3. The number of carbonyl (C=O) groups is 2. The van der Waals surface area contributed by atoms with Crippen molar-refractivity contribution in [2.24, 2.45) is 0 Å². The Bertz CT molecular complexity index is 1320. The van der Waals surface area contributed by atoms with Crippen LogP contribution in [0.3, 0.4) is 0 Å². The minimum atomic E-state index is -1.37. The van der Waals surface area contributed by atoms with E-state index in [1.807, 2.05) is 13.8 Å². The van der Waals surface area contributed by atoms with Gasteiger partial charge in [0.1, 0.15) is 23.1 Å². The molecule has 0 aliphatic heterocycles. The molecule has 2 amide bonds. The number of hydrogen-bond acceptors (Lipinski definition) is 6. The summed E-state index contributed by atoms with van der Waals surface area (Å²) in [5.41, 5.74) is 1.81. The maximum absolute atomic E-state index is 14.7. The summed E-state index contributed by atoms with van der Waals surface area (Å²) >= 11 is 6.44. The van der Waals surface area contributed by atoms with Crippen LogP contribution in [0.1, 0.15) is 71.0 Å². The largest absolute Gasteiger partial charge is 0.467 e. The molecule has 0 bridgehead atoms. The van der Waals surface area contributed by atoms with E-state index in [-0.39, 0.29) is 18.1 Å². The summed E-state index contributed by atoms with van der Waals surface area (Å²) in [6.07, 6.45) is -0.970. The third-order valence-electron chi connectivity index (χ3n) is 5.95. The summed E-state index contributed by atoms with van der Waals surface area (Å²) in [6.45, 7) is 15.7. The molecule has 0 saturated heterocycles. The fraction of sp³-hybridized carbons (Fsp3) is 0.536. The van der Waals surface area contributed by atoms with Crippen molar-refractivity contribution in [2.45, 2.75) is 98.7 Å². The van der Waals surface area contributed by atoms with E-state index in [4.69, 9.17) is 25.5 Å². The van der Waals surface area contributed by atoms with Gasteiger partial charge in [0, 0.05) is 11.8 Å². The molecule has 3 aromatic heterocycles. The normalized spacial score (nSPS) is 13.7. The predicted molar refractivity (Wildman–Crippen MR) is 148 cm³/mol. The number of nitrogens with zero attached hydrogens (tertiary/aromatic N) is 3. The predicted octanol–water partition coefficient (Wildman–Crippen LogP) is 6.93. The number of nitrogens with one attached hydrogen (secondary N) is 1. The van der Waals surface area contributed by atoms with Crippen LogP contribution in [-0.2, 0) is 22.4 Å². The van der Waals surface area contributed by atoms with Crippen LogP contribution in [0.25, 0.3) is 5.52 Å². The summed E-state index contributed by atoms with van der Waals surface area (Å²) in [5.74, 6) is 0.543. The molecule has 3 aromatic rings. The standard InChI is InChI=1S/C28H38ClFN4O5/c1-16-20(13-21(17(2)30)31-25(35)38-27(4,5)6)18(3)34-24(16)22(14-23(29)32-34)33(15-19-11-10-12-37-19)26(36)39-28(7,8)9/h10-12,14,17,21H,13,15H2,1-9H3,(H,31,35)/t17-,21+/m0/s1. The van der Waals surface area contributed by atoms with Crippen LogP contribution < -0.4 is 10.2 Å². The number of amides is 2. The number of fused-ring (bicyclic) bond motifs is 1. The Kier molecular flexibility index (Phi) is 8.89. The number of alkyl halides is 1. The zero-order chi connectivity index (χ0) is 29.3. The van der Waals surface area contributed by atoms with Crippen molar-refractivity contribution >= 4 is 35.0 Å². The number of carbonyl (C=O) groups excluding carboxylic acids is 2. The van der Waals surface area contributed by atoms with Gasteiger partial charge in [-0.15, -0.1) is 0 Å². The topological polar surface area (TPSA) is 98.3 Å². The molecule has 2 atom stereocenters. The summed E-state index contributed by atoms with van der Waals surface area (Å²) < 4.78 is 32.9. The van der Waals surface area contributed by atoms with Crippen molar-refractivity contribution in [2.75, 3.05) is 4.90 Å². The molecular formula is C28H38ClFN4O5. The minimum absolute atomic E-state index is 0.0846. The SMILES string of the molecule is Cc1c(C[C@@H](NC(=O)OC(C)(C)C)[C@H](C)F)c(C)n2nc(Cl)cc(N(Cc3ccco3)C(=O)OC(C)(C)C)c12. The van der Waals surface area contributed by atoms with Gasteiger partial charge >= 0.3 is 12.2 Å². The number of aromatic nitrogens is 2. The number of anilines is 1. The number of aryl methyl sites for hydroxylation is 2. The van der Waals surface area contributed by atoms with Crippen molar-refractivity contribution < 1.29 is 27.9 Å². The first-order valence-corrected chi connectivity index (χ1v) is 13.2. The lowest BCUT2D eigenvalue weighted by Gasteiger charge is -2.27. The molecule has 11 heteroatoms. The molecule has 0 spiro atoms. The van der Waals surface area contributed by atoms with E-state index in [9.17, 15) is 14.0 Å². The second-order valence-corrected chi connectivity index (χ2v) is 12.0. The van der Waals surface area contributed by atoms with Crippen molar-refractivity contribution in [1.82, 2.24) is 14.9 Å². The van der Waals surface area contributed by atoms with Crippen LogP contribution in [0.5, 0.6) is 0 Å². The average Bonchev–Trinajstić information content (AvgIpc) is 3.36. The van der Waals surface area contributed by atoms with E-state index in [0.29, 0.717) is 22.7 Å². The molecule has 0 aliphatic carbocycles. The highest BCUT2D eigenvalue weighted by Crippen LogP contribution is 2.34. The third-order valence-corrected chi connectivity index (χ3v) is 6.13. The van der Waals surface area contributed by atoms with E-state index in [1.165, 1.54) is 18.1 Å². The Balaban J connectivity index is 2.10. The van der Waals surface area contributed by atoms with Gasteiger partial charge in [-0.05, 0) is 92.0 Å². The molecule has 0 saturated carbocycles. The van der Waals surface area contributed by atoms with Crippen LogP contribution in [0, 0.1) is 13.8 Å². The quantitative estimate of drug-likeness (QED) is 0.334. The Morgan fingerprint density at radius 3 is 2.36 bits per heavy atom. The lowest BCUT2D eigenvalue weighted by atomic mass is 9.99. The van der Waals surface area contributed by atoms with Gasteiger partial charge < -0.3 is 19.2 Å². The Morgan fingerprint density at radius 1 is 1.18 bits per heavy atom. The first-order chi connectivity index (χ1) is 18.0. The highest BCUT2D eigenvalue weighted by atomic mass is 35.5. The maximum atomic E-state index is 14.7. The smallest absolute Gasteiger partial charge is 0.415 e. The van der Waals surface area contributed by atoms with Gasteiger partial charge in [-0.3, -0.25) is 4.90 Å². The van der Waals surface area contributed by atoms with E-state index < -0.39 is 35.6 Å². The van der Waals surface area contributed by atoms with Crippen LogP contribution in [0.2, 0.25) is 5.15 Å². The van der Waals surface area contributed by atoms with Crippen LogP contribution >= 0.6 is 11.6 Å². The molecule has 0 aliphatic rings. The highest BCUT2D eigenvalue weighted by Gasteiger charge is 2.31. The van der Waals surface area contributed by atoms with Gasteiger partial charge in [0.2, 0.25) is 0 Å². The molecule has 0 radical (unpaired) electrons. The number of rotatable bonds is 7. The number of alkyl carbamates (subject to hydrolysis) is 1. The van der Waals surface area contributed by atoms with Crippen molar-refractivity contribution in [1.29, 1.82) is 0 Å². The molecule has 0 aromatic carbocycles. The molecule has 9 nitrogen and oxygen atoms in total. The van der Waals surface area contributed by atoms with E-state index in [2.05, 4.69) is 10.4 Å². The number of hydrogen-bond donors (Lipinski definition) is 1. The fourth-order valence-electron chi connectivity index (χ4n) is 4.24. The van der Waals surface area contributed by atoms with Gasteiger partial charge in [0.15, 0.2) is 5.15 Å². The van der Waals surface area contributed by atoms with Gasteiger partial charge in [0.05, 0.1) is 30.1 Å². The highest BCUT2D eigenvalue weighted by molar-refractivity contribution is 6.29. The van der Waals surface area contributed by atoms with E-state index in [1.54, 1.807) is 64.3 Å². The first-order valence-electron chi connectivity index (χ1n) is 12.8.